The van der Waals surface area contributed by atoms with E-state index < -0.39 is 0 Å². The summed E-state index contributed by atoms with van der Waals surface area (Å²) in [6.07, 6.45) is 2.19. The van der Waals surface area contributed by atoms with E-state index in [4.69, 9.17) is 22.8 Å². The molecule has 1 aliphatic carbocycles. The maximum atomic E-state index is 5.37. The van der Waals surface area contributed by atoms with E-state index in [1.165, 1.54) is 5.56 Å². The summed E-state index contributed by atoms with van der Waals surface area (Å²) in [5.41, 5.74) is 3.79. The number of benzene rings is 1. The van der Waals surface area contributed by atoms with Crippen LogP contribution in [0.15, 0.2) is 24.3 Å². The largest absolute Gasteiger partial charge is 0.497 e. The third kappa shape index (κ3) is 2.08. The van der Waals surface area contributed by atoms with Gasteiger partial charge in [0.2, 0.25) is 0 Å². The Hall–Kier alpha value is -1.33. The second-order valence-electron chi connectivity index (χ2n) is 4.27. The molecule has 0 aliphatic heterocycles. The summed E-state index contributed by atoms with van der Waals surface area (Å²) in [6.45, 7) is 0. The van der Waals surface area contributed by atoms with Crippen LogP contribution in [-0.4, -0.2) is 24.2 Å². The van der Waals surface area contributed by atoms with E-state index in [0.29, 0.717) is 5.11 Å². The summed E-state index contributed by atoms with van der Waals surface area (Å²) in [4.78, 5) is 2.03. The molecule has 4 nitrogen and oxygen atoms in total. The van der Waals surface area contributed by atoms with Gasteiger partial charge in [-0.15, -0.1) is 0 Å². The molecule has 1 fully saturated rings. The second kappa shape index (κ2) is 4.50. The number of hydrogen-bond acceptors (Lipinski definition) is 3. The molecule has 92 valence electrons. The highest BCUT2D eigenvalue weighted by atomic mass is 32.1. The third-order valence-corrected chi connectivity index (χ3v) is 3.81. The molecule has 17 heavy (non-hydrogen) atoms. The summed E-state index contributed by atoms with van der Waals surface area (Å²) in [5.74, 6) is 6.24. The quantitative estimate of drug-likeness (QED) is 0.483. The molecule has 0 atom stereocenters. The molecule has 0 unspecified atom stereocenters. The molecule has 2 rings (SSSR count). The topological polar surface area (TPSA) is 50.5 Å². The molecule has 1 aliphatic rings. The molecule has 3 N–H and O–H groups in total. The minimum absolute atomic E-state index is 0.00965. The zero-order valence-corrected chi connectivity index (χ0v) is 10.9. The highest BCUT2D eigenvalue weighted by Gasteiger charge is 2.48. The first-order valence-corrected chi connectivity index (χ1v) is 5.94. The first kappa shape index (κ1) is 12.1. The molecule has 0 saturated heterocycles. The molecule has 0 heterocycles. The molecular formula is C12H17N3OS. The number of ether oxygens (including phenoxy) is 1. The fourth-order valence-corrected chi connectivity index (χ4v) is 2.30. The van der Waals surface area contributed by atoms with E-state index in [9.17, 15) is 0 Å². The average Bonchev–Trinajstić information content (AvgIpc) is 3.18. The molecule has 0 radical (unpaired) electrons. The lowest BCUT2D eigenvalue weighted by molar-refractivity contribution is 0.346. The Morgan fingerprint density at radius 2 is 2.00 bits per heavy atom. The highest BCUT2D eigenvalue weighted by molar-refractivity contribution is 7.80. The van der Waals surface area contributed by atoms with Gasteiger partial charge in [-0.25, -0.2) is 5.84 Å². The standard InChI is InChI=1S/C12H17N3OS/c1-15(11(17)14-13)12(7-8-12)9-3-5-10(16-2)6-4-9/h3-6H,7-8,13H2,1-2H3,(H,14,17). The normalized spacial score (nSPS) is 16.2. The summed E-state index contributed by atoms with van der Waals surface area (Å²) in [6, 6.07) is 8.12. The molecule has 1 saturated carbocycles. The van der Waals surface area contributed by atoms with Crippen LogP contribution in [0.1, 0.15) is 18.4 Å². The van der Waals surface area contributed by atoms with Gasteiger partial charge in [-0.2, -0.15) is 0 Å². The summed E-state index contributed by atoms with van der Waals surface area (Å²) in [5, 5.41) is 0.568. The minimum Gasteiger partial charge on any atom is -0.497 e. The van der Waals surface area contributed by atoms with Gasteiger partial charge in [-0.3, -0.25) is 0 Å². The van der Waals surface area contributed by atoms with Gasteiger partial charge >= 0.3 is 0 Å². The Balaban J connectivity index is 2.23. The average molecular weight is 251 g/mol. The maximum absolute atomic E-state index is 5.37. The van der Waals surface area contributed by atoms with Crippen molar-refractivity contribution in [3.8, 4) is 5.75 Å². The summed E-state index contributed by atoms with van der Waals surface area (Å²) < 4.78 is 5.16. The van der Waals surface area contributed by atoms with Crippen LogP contribution in [0.5, 0.6) is 5.75 Å². The van der Waals surface area contributed by atoms with E-state index in [2.05, 4.69) is 17.6 Å². The number of hydrogen-bond donors (Lipinski definition) is 2. The predicted molar refractivity (Wildman–Crippen MR) is 71.6 cm³/mol. The lowest BCUT2D eigenvalue weighted by Gasteiger charge is -2.30. The molecule has 0 spiro atoms. The van der Waals surface area contributed by atoms with Crippen molar-refractivity contribution in [2.75, 3.05) is 14.2 Å². The number of methoxy groups -OCH3 is 1. The number of thiocarbonyl (C=S) groups is 1. The monoisotopic (exact) mass is 251 g/mol. The van der Waals surface area contributed by atoms with Crippen LogP contribution in [-0.2, 0) is 5.54 Å². The van der Waals surface area contributed by atoms with E-state index in [1.54, 1.807) is 7.11 Å². The van der Waals surface area contributed by atoms with Crippen molar-refractivity contribution in [1.29, 1.82) is 0 Å². The smallest absolute Gasteiger partial charge is 0.183 e. The van der Waals surface area contributed by atoms with Crippen LogP contribution in [0.2, 0.25) is 0 Å². The van der Waals surface area contributed by atoms with Crippen LogP contribution >= 0.6 is 12.2 Å². The van der Waals surface area contributed by atoms with E-state index in [0.717, 1.165) is 18.6 Å². The van der Waals surface area contributed by atoms with Gasteiger partial charge in [-0.1, -0.05) is 12.1 Å². The second-order valence-corrected chi connectivity index (χ2v) is 4.66. The Kier molecular flexibility index (Phi) is 3.22. The van der Waals surface area contributed by atoms with E-state index in [-0.39, 0.29) is 5.54 Å². The summed E-state index contributed by atoms with van der Waals surface area (Å²) >= 11 is 5.18. The number of nitrogens with two attached hydrogens (primary N) is 1. The van der Waals surface area contributed by atoms with Gasteiger partial charge in [0.15, 0.2) is 5.11 Å². The van der Waals surface area contributed by atoms with Crippen LogP contribution in [0.25, 0.3) is 0 Å². The zero-order valence-electron chi connectivity index (χ0n) is 10.1. The van der Waals surface area contributed by atoms with Gasteiger partial charge in [0.1, 0.15) is 5.75 Å². The van der Waals surface area contributed by atoms with Crippen molar-refractivity contribution in [1.82, 2.24) is 10.3 Å². The van der Waals surface area contributed by atoms with Gasteiger partial charge in [0.05, 0.1) is 12.6 Å². The molecule has 1 aromatic rings. The number of nitrogens with zero attached hydrogens (tertiary/aromatic N) is 1. The Morgan fingerprint density at radius 3 is 2.41 bits per heavy atom. The number of rotatable bonds is 3. The van der Waals surface area contributed by atoms with Gasteiger partial charge < -0.3 is 15.1 Å². The molecule has 5 heteroatoms. The Bertz CT molecular complexity index is 414. The van der Waals surface area contributed by atoms with Crippen LogP contribution in [0, 0.1) is 0 Å². The molecule has 1 aromatic carbocycles. The van der Waals surface area contributed by atoms with Gasteiger partial charge in [0, 0.05) is 7.05 Å². The van der Waals surface area contributed by atoms with Crippen molar-refractivity contribution in [3.05, 3.63) is 29.8 Å². The maximum Gasteiger partial charge on any atom is 0.183 e. The van der Waals surface area contributed by atoms with E-state index in [1.807, 2.05) is 24.1 Å². The van der Waals surface area contributed by atoms with Crippen molar-refractivity contribution in [2.45, 2.75) is 18.4 Å². The van der Waals surface area contributed by atoms with Crippen LogP contribution < -0.4 is 16.0 Å². The lowest BCUT2D eigenvalue weighted by atomic mass is 10.0. The van der Waals surface area contributed by atoms with Crippen molar-refractivity contribution in [3.63, 3.8) is 0 Å². The zero-order chi connectivity index (χ0) is 12.5. The fraction of sp³-hybridized carbons (Fsp3) is 0.417. The molecule has 0 aromatic heterocycles. The first-order chi connectivity index (χ1) is 8.14. The lowest BCUT2D eigenvalue weighted by Crippen LogP contribution is -2.46. The Labute approximate surface area is 107 Å². The van der Waals surface area contributed by atoms with Crippen molar-refractivity contribution >= 4 is 17.3 Å². The number of nitrogens with one attached hydrogen (secondary N) is 1. The number of hydrazine groups is 1. The van der Waals surface area contributed by atoms with E-state index >= 15 is 0 Å². The molecule has 0 bridgehead atoms. The SMILES string of the molecule is COc1ccc(C2(N(C)C(=S)NN)CC2)cc1. The molecule has 0 amide bonds. The van der Waals surface area contributed by atoms with Crippen molar-refractivity contribution in [2.24, 2.45) is 5.84 Å². The third-order valence-electron chi connectivity index (χ3n) is 3.42. The Morgan fingerprint density at radius 1 is 1.41 bits per heavy atom. The highest BCUT2D eigenvalue weighted by Crippen LogP contribution is 2.50. The fourth-order valence-electron chi connectivity index (χ4n) is 2.13. The molecular weight excluding hydrogens is 234 g/mol. The van der Waals surface area contributed by atoms with Crippen molar-refractivity contribution < 1.29 is 4.74 Å². The van der Waals surface area contributed by atoms with Crippen LogP contribution in [0.4, 0.5) is 0 Å². The first-order valence-electron chi connectivity index (χ1n) is 5.53. The predicted octanol–water partition coefficient (Wildman–Crippen LogP) is 1.36. The van der Waals surface area contributed by atoms with Gasteiger partial charge in [0.25, 0.3) is 0 Å². The minimum atomic E-state index is 0.00965. The summed E-state index contributed by atoms with van der Waals surface area (Å²) in [7, 11) is 3.64. The van der Waals surface area contributed by atoms with Crippen LogP contribution in [0.3, 0.4) is 0 Å². The van der Waals surface area contributed by atoms with Gasteiger partial charge in [-0.05, 0) is 42.8 Å².